The number of hydrogen-bond donors (Lipinski definition) is 3. The van der Waals surface area contributed by atoms with E-state index in [9.17, 15) is 8.42 Å². The molecule has 30 heavy (non-hydrogen) atoms. The van der Waals surface area contributed by atoms with Crippen molar-refractivity contribution in [2.45, 2.75) is 82.4 Å². The van der Waals surface area contributed by atoms with Gasteiger partial charge in [0.05, 0.1) is 11.9 Å². The molecular formula is C21H41N5O3S. The highest BCUT2D eigenvalue weighted by molar-refractivity contribution is 7.89. The largest absolute Gasteiger partial charge is 0.377 e. The van der Waals surface area contributed by atoms with E-state index in [4.69, 9.17) is 4.74 Å². The van der Waals surface area contributed by atoms with E-state index < -0.39 is 10.0 Å². The van der Waals surface area contributed by atoms with E-state index in [1.54, 1.807) is 7.05 Å². The molecule has 0 spiro atoms. The molecule has 3 aliphatic rings. The molecule has 2 heterocycles. The second kappa shape index (κ2) is 12.2. The Balaban J connectivity index is 1.31. The minimum Gasteiger partial charge on any atom is -0.377 e. The minimum absolute atomic E-state index is 0.00962. The van der Waals surface area contributed by atoms with E-state index in [1.807, 2.05) is 0 Å². The van der Waals surface area contributed by atoms with Crippen LogP contribution in [-0.2, 0) is 14.8 Å². The lowest BCUT2D eigenvalue weighted by Gasteiger charge is -2.39. The molecule has 3 rings (SSSR count). The van der Waals surface area contributed by atoms with E-state index in [1.165, 1.54) is 32.1 Å². The van der Waals surface area contributed by atoms with E-state index in [-0.39, 0.29) is 11.9 Å². The number of likely N-dealkylation sites (tertiary alicyclic amines) is 1. The van der Waals surface area contributed by atoms with Crippen LogP contribution in [0.3, 0.4) is 0 Å². The first-order chi connectivity index (χ1) is 14.6. The van der Waals surface area contributed by atoms with E-state index in [2.05, 4.69) is 25.2 Å². The minimum atomic E-state index is -3.32. The van der Waals surface area contributed by atoms with Crippen LogP contribution in [-0.4, -0.2) is 83.1 Å². The molecule has 174 valence electrons. The smallest absolute Gasteiger partial charge is 0.213 e. The fourth-order valence-electron chi connectivity index (χ4n) is 4.81. The Kier molecular flexibility index (Phi) is 9.67. The van der Waals surface area contributed by atoms with Crippen molar-refractivity contribution in [2.24, 2.45) is 4.99 Å². The summed E-state index contributed by atoms with van der Waals surface area (Å²) in [4.78, 5) is 6.94. The predicted octanol–water partition coefficient (Wildman–Crippen LogP) is 1.44. The normalized spacial score (nSPS) is 25.9. The monoisotopic (exact) mass is 443 g/mol. The molecule has 2 saturated heterocycles. The summed E-state index contributed by atoms with van der Waals surface area (Å²) in [6.07, 6.45) is 12.2. The van der Waals surface area contributed by atoms with Crippen molar-refractivity contribution in [3.8, 4) is 0 Å². The summed E-state index contributed by atoms with van der Waals surface area (Å²) >= 11 is 0. The van der Waals surface area contributed by atoms with E-state index in [0.29, 0.717) is 25.1 Å². The third kappa shape index (κ3) is 7.98. The fraction of sp³-hybridized carbons (Fsp3) is 0.952. The van der Waals surface area contributed by atoms with Gasteiger partial charge in [-0.1, -0.05) is 19.3 Å². The van der Waals surface area contributed by atoms with Crippen molar-refractivity contribution in [1.82, 2.24) is 20.3 Å². The number of nitrogens with one attached hydrogen (secondary N) is 3. The molecule has 1 aliphatic carbocycles. The number of hydrogen-bond acceptors (Lipinski definition) is 5. The molecule has 0 aromatic rings. The number of piperidine rings is 1. The van der Waals surface area contributed by atoms with Crippen molar-refractivity contribution in [3.05, 3.63) is 0 Å². The molecule has 2 aliphatic heterocycles. The van der Waals surface area contributed by atoms with E-state index in [0.717, 1.165) is 57.8 Å². The van der Waals surface area contributed by atoms with Crippen LogP contribution in [0, 0.1) is 0 Å². The molecule has 0 amide bonds. The van der Waals surface area contributed by atoms with Crippen LogP contribution in [0.1, 0.15) is 64.2 Å². The first-order valence-electron chi connectivity index (χ1n) is 11.9. The van der Waals surface area contributed by atoms with Crippen LogP contribution in [0.15, 0.2) is 4.99 Å². The predicted molar refractivity (Wildman–Crippen MR) is 121 cm³/mol. The zero-order valence-electron chi connectivity index (χ0n) is 18.6. The molecule has 0 aromatic carbocycles. The lowest BCUT2D eigenvalue weighted by Crippen LogP contribution is -2.51. The highest BCUT2D eigenvalue weighted by Gasteiger charge is 2.26. The zero-order chi connectivity index (χ0) is 21.2. The van der Waals surface area contributed by atoms with Crippen LogP contribution >= 0.6 is 0 Å². The highest BCUT2D eigenvalue weighted by atomic mass is 32.2. The Morgan fingerprint density at radius 3 is 2.43 bits per heavy atom. The van der Waals surface area contributed by atoms with Gasteiger partial charge < -0.3 is 20.3 Å². The Bertz CT molecular complexity index is 623. The lowest BCUT2D eigenvalue weighted by molar-refractivity contribution is 0.0200. The van der Waals surface area contributed by atoms with Gasteiger partial charge in [-0.3, -0.25) is 4.99 Å². The Morgan fingerprint density at radius 1 is 1.03 bits per heavy atom. The Hall–Kier alpha value is -0.900. The van der Waals surface area contributed by atoms with Crippen LogP contribution in [0.25, 0.3) is 0 Å². The standard InChI is InChI=1S/C21H41N5O3S/c1-22-21(23-12-16-30(27,28)24-17-20-9-5-6-15-29-20)25-18-10-13-26(14-11-18)19-7-3-2-4-8-19/h18-20,24H,2-17H2,1H3,(H2,22,23,25). The Labute approximate surface area is 182 Å². The first kappa shape index (κ1) is 23.8. The molecule has 3 N–H and O–H groups in total. The van der Waals surface area contributed by atoms with Crippen molar-refractivity contribution < 1.29 is 13.2 Å². The first-order valence-corrected chi connectivity index (χ1v) is 13.5. The average molecular weight is 444 g/mol. The lowest BCUT2D eigenvalue weighted by atomic mass is 9.92. The maximum absolute atomic E-state index is 12.2. The number of aliphatic imine (C=N–C) groups is 1. The average Bonchev–Trinajstić information content (AvgIpc) is 2.79. The van der Waals surface area contributed by atoms with Crippen molar-refractivity contribution >= 4 is 16.0 Å². The summed E-state index contributed by atoms with van der Waals surface area (Å²) < 4.78 is 32.8. The van der Waals surface area contributed by atoms with Gasteiger partial charge in [0.2, 0.25) is 10.0 Å². The molecule has 3 fully saturated rings. The summed E-state index contributed by atoms with van der Waals surface area (Å²) in [5, 5.41) is 6.64. The van der Waals surface area contributed by atoms with Crippen molar-refractivity contribution in [3.63, 3.8) is 0 Å². The van der Waals surface area contributed by atoms with Gasteiger partial charge in [-0.15, -0.1) is 0 Å². The number of sulfonamides is 1. The van der Waals surface area contributed by atoms with Gasteiger partial charge in [0, 0.05) is 51.9 Å². The van der Waals surface area contributed by atoms with Crippen molar-refractivity contribution in [2.75, 3.05) is 45.6 Å². The number of rotatable bonds is 8. The van der Waals surface area contributed by atoms with Crippen LogP contribution in [0.5, 0.6) is 0 Å². The molecule has 8 nitrogen and oxygen atoms in total. The second-order valence-electron chi connectivity index (χ2n) is 8.90. The van der Waals surface area contributed by atoms with Gasteiger partial charge in [-0.25, -0.2) is 13.1 Å². The molecule has 1 saturated carbocycles. The Morgan fingerprint density at radius 2 is 1.77 bits per heavy atom. The zero-order valence-corrected chi connectivity index (χ0v) is 19.4. The molecular weight excluding hydrogens is 402 g/mol. The van der Waals surface area contributed by atoms with Gasteiger partial charge in [0.15, 0.2) is 5.96 Å². The molecule has 9 heteroatoms. The van der Waals surface area contributed by atoms with Gasteiger partial charge >= 0.3 is 0 Å². The molecule has 0 bridgehead atoms. The summed E-state index contributed by atoms with van der Waals surface area (Å²) in [6, 6.07) is 1.18. The number of guanidine groups is 1. The molecule has 0 aromatic heterocycles. The van der Waals surface area contributed by atoms with Gasteiger partial charge in [-0.05, 0) is 44.9 Å². The number of ether oxygens (including phenoxy) is 1. The maximum atomic E-state index is 12.2. The quantitative estimate of drug-likeness (QED) is 0.388. The highest BCUT2D eigenvalue weighted by Crippen LogP contribution is 2.25. The van der Waals surface area contributed by atoms with Crippen LogP contribution in [0.4, 0.5) is 0 Å². The molecule has 1 unspecified atom stereocenters. The third-order valence-electron chi connectivity index (χ3n) is 6.65. The molecule has 1 atom stereocenters. The topological polar surface area (TPSA) is 95.1 Å². The molecule has 0 radical (unpaired) electrons. The number of nitrogens with zero attached hydrogens (tertiary/aromatic N) is 2. The summed E-state index contributed by atoms with van der Waals surface area (Å²) in [5.74, 6) is 0.720. The van der Waals surface area contributed by atoms with Gasteiger partial charge in [0.1, 0.15) is 0 Å². The third-order valence-corrected chi connectivity index (χ3v) is 8.00. The fourth-order valence-corrected chi connectivity index (χ4v) is 5.76. The van der Waals surface area contributed by atoms with Crippen LogP contribution in [0.2, 0.25) is 0 Å². The second-order valence-corrected chi connectivity index (χ2v) is 10.8. The van der Waals surface area contributed by atoms with Crippen molar-refractivity contribution in [1.29, 1.82) is 0 Å². The van der Waals surface area contributed by atoms with Crippen LogP contribution < -0.4 is 15.4 Å². The maximum Gasteiger partial charge on any atom is 0.213 e. The van der Waals surface area contributed by atoms with E-state index >= 15 is 0 Å². The summed E-state index contributed by atoms with van der Waals surface area (Å²) in [6.45, 7) is 3.72. The van der Waals surface area contributed by atoms with Gasteiger partial charge in [-0.2, -0.15) is 0 Å². The SMILES string of the molecule is CN=C(NCCS(=O)(=O)NCC1CCCCO1)NC1CCN(C2CCCCC2)CC1. The van der Waals surface area contributed by atoms with Gasteiger partial charge in [0.25, 0.3) is 0 Å². The summed E-state index contributed by atoms with van der Waals surface area (Å²) in [5.41, 5.74) is 0. The summed E-state index contributed by atoms with van der Waals surface area (Å²) in [7, 11) is -1.58.